The number of anilines is 1. The number of nitrogens with zero attached hydrogens (tertiary/aromatic N) is 3. The Morgan fingerprint density at radius 2 is 1.94 bits per heavy atom. The highest BCUT2D eigenvalue weighted by atomic mass is 16.6. The summed E-state index contributed by atoms with van der Waals surface area (Å²) in [6.07, 6.45) is 1.35. The van der Waals surface area contributed by atoms with E-state index >= 15 is 0 Å². The first-order chi connectivity index (χ1) is 16.9. The predicted octanol–water partition coefficient (Wildman–Crippen LogP) is 2.66. The van der Waals surface area contributed by atoms with Crippen LogP contribution in [0.2, 0.25) is 0 Å². The maximum absolute atomic E-state index is 13.2. The molecule has 0 radical (unpaired) electrons. The lowest BCUT2D eigenvalue weighted by Gasteiger charge is -2.24. The summed E-state index contributed by atoms with van der Waals surface area (Å²) >= 11 is 0. The summed E-state index contributed by atoms with van der Waals surface area (Å²) in [5.74, 6) is -0.818. The average Bonchev–Trinajstić information content (AvgIpc) is 2.77. The number of aromatic nitrogens is 2. The lowest BCUT2D eigenvalue weighted by Crippen LogP contribution is -2.45. The Balaban J connectivity index is 1.65. The van der Waals surface area contributed by atoms with E-state index in [-0.39, 0.29) is 36.5 Å². The molecular weight excluding hydrogens is 466 g/mol. The largest absolute Gasteiger partial charge is 0.444 e. The number of nitrogens with one attached hydrogen (secondary N) is 2. The van der Waals surface area contributed by atoms with Crippen molar-refractivity contribution in [1.82, 2.24) is 19.8 Å². The zero-order valence-corrected chi connectivity index (χ0v) is 21.3. The van der Waals surface area contributed by atoms with Gasteiger partial charge in [-0.05, 0) is 59.1 Å². The molecule has 11 nitrogen and oxygen atoms in total. The van der Waals surface area contributed by atoms with Gasteiger partial charge in [0.25, 0.3) is 5.56 Å². The number of hydrogen-bond donors (Lipinski definition) is 2. The van der Waals surface area contributed by atoms with E-state index in [1.54, 1.807) is 52.9 Å². The zero-order valence-electron chi connectivity index (χ0n) is 21.3. The molecule has 0 bridgehead atoms. The summed E-state index contributed by atoms with van der Waals surface area (Å²) < 4.78 is 6.61. The molecule has 3 rings (SSSR count). The number of para-hydroxylation sites is 1. The van der Waals surface area contributed by atoms with E-state index < -0.39 is 29.2 Å². The topological polar surface area (TPSA) is 140 Å². The van der Waals surface area contributed by atoms with Crippen molar-refractivity contribution in [2.24, 2.45) is 0 Å². The van der Waals surface area contributed by atoms with Crippen molar-refractivity contribution in [3.05, 3.63) is 34.4 Å². The highest BCUT2D eigenvalue weighted by Gasteiger charge is 2.30. The number of ether oxygens (including phenoxy) is 1. The van der Waals surface area contributed by atoms with E-state index in [1.807, 2.05) is 0 Å². The quantitative estimate of drug-likeness (QED) is 0.441. The Hall–Kier alpha value is -3.76. The number of hydrogen-bond acceptors (Lipinski definition) is 7. The second kappa shape index (κ2) is 10.9. The van der Waals surface area contributed by atoms with Crippen LogP contribution < -0.4 is 16.2 Å². The molecule has 11 heteroatoms. The van der Waals surface area contributed by atoms with E-state index in [0.29, 0.717) is 36.4 Å². The number of unbranched alkanes of at least 4 members (excludes halogenated alkanes) is 1. The third-order valence-corrected chi connectivity index (χ3v) is 5.76. The molecule has 1 unspecified atom stereocenters. The van der Waals surface area contributed by atoms with Gasteiger partial charge in [0.05, 0.1) is 11.1 Å². The van der Waals surface area contributed by atoms with Crippen LogP contribution in [0.3, 0.4) is 0 Å². The monoisotopic (exact) mass is 499 g/mol. The van der Waals surface area contributed by atoms with Crippen LogP contribution in [0.4, 0.5) is 10.5 Å². The summed E-state index contributed by atoms with van der Waals surface area (Å²) in [4.78, 5) is 67.6. The molecule has 2 aromatic rings. The fourth-order valence-electron chi connectivity index (χ4n) is 4.00. The molecule has 36 heavy (non-hydrogen) atoms. The Kier molecular flexibility index (Phi) is 8.11. The Morgan fingerprint density at radius 3 is 2.61 bits per heavy atom. The van der Waals surface area contributed by atoms with Crippen LogP contribution in [0.5, 0.6) is 0 Å². The van der Waals surface area contributed by atoms with Gasteiger partial charge in [0.1, 0.15) is 23.0 Å². The number of piperidine rings is 1. The second-order valence-corrected chi connectivity index (χ2v) is 9.91. The number of imide groups is 1. The van der Waals surface area contributed by atoms with Gasteiger partial charge in [-0.2, -0.15) is 0 Å². The molecule has 1 fully saturated rings. The SMILES string of the molecule is Cc1nc2c(NC(=O)CCCCN(C)C(=O)OC(C)(C)C)cccc2c(=O)n1C1CCC(=O)NC1=O. The molecule has 194 valence electrons. The maximum atomic E-state index is 13.2. The molecule has 2 N–H and O–H groups in total. The number of carbonyl (C=O) groups excluding carboxylic acids is 4. The first-order valence-corrected chi connectivity index (χ1v) is 12.0. The molecule has 1 aromatic heterocycles. The number of amides is 4. The van der Waals surface area contributed by atoms with Crippen molar-refractivity contribution < 1.29 is 23.9 Å². The van der Waals surface area contributed by atoms with Gasteiger partial charge in [-0.3, -0.25) is 29.1 Å². The third-order valence-electron chi connectivity index (χ3n) is 5.76. The first-order valence-electron chi connectivity index (χ1n) is 12.0. The maximum Gasteiger partial charge on any atom is 0.410 e. The van der Waals surface area contributed by atoms with Crippen molar-refractivity contribution in [2.45, 2.75) is 71.4 Å². The Bertz CT molecular complexity index is 1250. The van der Waals surface area contributed by atoms with Gasteiger partial charge in [-0.15, -0.1) is 0 Å². The average molecular weight is 500 g/mol. The zero-order chi connectivity index (χ0) is 26.6. The molecule has 1 aliphatic rings. The summed E-state index contributed by atoms with van der Waals surface area (Å²) in [5, 5.41) is 5.35. The van der Waals surface area contributed by atoms with Crippen LogP contribution in [0.25, 0.3) is 10.9 Å². The summed E-state index contributed by atoms with van der Waals surface area (Å²) in [6.45, 7) is 7.48. The van der Waals surface area contributed by atoms with E-state index in [9.17, 15) is 24.0 Å². The van der Waals surface area contributed by atoms with Crippen molar-refractivity contribution in [2.75, 3.05) is 18.9 Å². The molecular formula is C25H33N5O6. The third kappa shape index (κ3) is 6.46. The van der Waals surface area contributed by atoms with Crippen LogP contribution in [-0.2, 0) is 19.1 Å². The number of fused-ring (bicyclic) bond motifs is 1. The fraction of sp³-hybridized carbons (Fsp3) is 0.520. The van der Waals surface area contributed by atoms with Gasteiger partial charge < -0.3 is 15.0 Å². The van der Waals surface area contributed by atoms with Crippen molar-refractivity contribution in [3.8, 4) is 0 Å². The van der Waals surface area contributed by atoms with Gasteiger partial charge in [0.2, 0.25) is 17.7 Å². The molecule has 1 saturated heterocycles. The number of rotatable bonds is 7. The molecule has 1 aromatic carbocycles. The van der Waals surface area contributed by atoms with E-state index in [4.69, 9.17) is 4.74 Å². The summed E-state index contributed by atoms with van der Waals surface area (Å²) in [6, 6.07) is 4.08. The van der Waals surface area contributed by atoms with Gasteiger partial charge in [0.15, 0.2) is 0 Å². The summed E-state index contributed by atoms with van der Waals surface area (Å²) in [5.41, 5.74) is -0.241. The van der Waals surface area contributed by atoms with Crippen molar-refractivity contribution >= 4 is 40.4 Å². The van der Waals surface area contributed by atoms with Crippen LogP contribution in [0.1, 0.15) is 64.7 Å². The molecule has 0 spiro atoms. The Labute approximate surface area is 209 Å². The highest BCUT2D eigenvalue weighted by molar-refractivity contribution is 6.01. The number of aryl methyl sites for hydroxylation is 1. The van der Waals surface area contributed by atoms with Crippen LogP contribution in [0, 0.1) is 6.92 Å². The minimum atomic E-state index is -0.816. The molecule has 0 saturated carbocycles. The minimum absolute atomic E-state index is 0.143. The molecule has 0 aliphatic carbocycles. The van der Waals surface area contributed by atoms with Crippen LogP contribution in [0.15, 0.2) is 23.0 Å². The minimum Gasteiger partial charge on any atom is -0.444 e. The number of benzene rings is 1. The van der Waals surface area contributed by atoms with Gasteiger partial charge >= 0.3 is 6.09 Å². The standard InChI is InChI=1S/C25H33N5O6/c1-15-26-21-16(23(34)30(15)18-12-13-20(32)28-22(18)33)9-8-10-17(21)27-19(31)11-6-7-14-29(5)24(35)36-25(2,3)4/h8-10,18H,6-7,11-14H2,1-5H3,(H,27,31)(H,28,32,33). The highest BCUT2D eigenvalue weighted by Crippen LogP contribution is 2.23. The van der Waals surface area contributed by atoms with Crippen molar-refractivity contribution in [1.29, 1.82) is 0 Å². The lowest BCUT2D eigenvalue weighted by atomic mass is 10.1. The molecule has 1 atom stereocenters. The van der Waals surface area contributed by atoms with E-state index in [0.717, 1.165) is 0 Å². The van der Waals surface area contributed by atoms with Crippen LogP contribution in [-0.4, -0.2) is 57.5 Å². The van der Waals surface area contributed by atoms with Crippen LogP contribution >= 0.6 is 0 Å². The molecule has 1 aliphatic heterocycles. The summed E-state index contributed by atoms with van der Waals surface area (Å²) in [7, 11) is 1.65. The van der Waals surface area contributed by atoms with Gasteiger partial charge in [0, 0.05) is 26.4 Å². The van der Waals surface area contributed by atoms with Gasteiger partial charge in [-0.1, -0.05) is 6.07 Å². The Morgan fingerprint density at radius 1 is 1.22 bits per heavy atom. The fourth-order valence-corrected chi connectivity index (χ4v) is 4.00. The second-order valence-electron chi connectivity index (χ2n) is 9.91. The van der Waals surface area contributed by atoms with Gasteiger partial charge in [-0.25, -0.2) is 9.78 Å². The molecule has 2 heterocycles. The van der Waals surface area contributed by atoms with Crippen molar-refractivity contribution in [3.63, 3.8) is 0 Å². The molecule has 4 amide bonds. The van der Waals surface area contributed by atoms with E-state index in [2.05, 4.69) is 15.6 Å². The predicted molar refractivity (Wildman–Crippen MR) is 134 cm³/mol. The number of carbonyl (C=O) groups is 4. The lowest BCUT2D eigenvalue weighted by molar-refractivity contribution is -0.135. The normalized spacial score (nSPS) is 16.0. The van der Waals surface area contributed by atoms with E-state index in [1.165, 1.54) is 9.47 Å². The first kappa shape index (κ1) is 26.8. The smallest absolute Gasteiger partial charge is 0.410 e.